The van der Waals surface area contributed by atoms with E-state index in [2.05, 4.69) is 32.8 Å². The minimum atomic E-state index is -0.00894. The average molecular weight is 535 g/mol. The Morgan fingerprint density at radius 2 is 2.03 bits per heavy atom. The summed E-state index contributed by atoms with van der Waals surface area (Å²) in [5, 5.41) is 5.10. The fourth-order valence-electron chi connectivity index (χ4n) is 5.93. The lowest BCUT2D eigenvalue weighted by Crippen LogP contribution is -2.48. The number of carbonyl (C=O) groups excluding carboxylic acids is 2. The number of aromatic nitrogens is 3. The summed E-state index contributed by atoms with van der Waals surface area (Å²) >= 11 is 6.52. The zero-order valence-electron chi connectivity index (χ0n) is 21.8. The highest BCUT2D eigenvalue weighted by Gasteiger charge is 2.31. The molecule has 2 aliphatic rings. The van der Waals surface area contributed by atoms with Crippen molar-refractivity contribution in [2.24, 2.45) is 5.92 Å². The maximum atomic E-state index is 12.7. The van der Waals surface area contributed by atoms with Crippen LogP contribution in [0.2, 0.25) is 5.02 Å². The highest BCUT2D eigenvalue weighted by molar-refractivity contribution is 6.33. The minimum Gasteiger partial charge on any atom is -0.360 e. The monoisotopic (exact) mass is 534 g/mol. The van der Waals surface area contributed by atoms with E-state index < -0.39 is 0 Å². The number of aromatic amines is 1. The van der Waals surface area contributed by atoms with E-state index in [4.69, 9.17) is 16.6 Å². The molecule has 1 aliphatic heterocycles. The van der Waals surface area contributed by atoms with Gasteiger partial charge in [0.2, 0.25) is 17.8 Å². The van der Waals surface area contributed by atoms with Gasteiger partial charge in [-0.15, -0.1) is 0 Å². The molecule has 3 heterocycles. The van der Waals surface area contributed by atoms with Crippen molar-refractivity contribution in [3.05, 3.63) is 54.3 Å². The maximum absolute atomic E-state index is 12.7. The molecular formula is C29H35ClN6O2. The van der Waals surface area contributed by atoms with E-state index in [9.17, 15) is 9.59 Å². The Hall–Kier alpha value is -3.39. The van der Waals surface area contributed by atoms with Crippen LogP contribution >= 0.6 is 11.6 Å². The zero-order chi connectivity index (χ0) is 26.6. The molecule has 3 aromatic rings. The van der Waals surface area contributed by atoms with Crippen LogP contribution in [0.25, 0.3) is 22.2 Å². The van der Waals surface area contributed by atoms with Crippen molar-refractivity contribution in [1.82, 2.24) is 24.8 Å². The van der Waals surface area contributed by atoms with Gasteiger partial charge < -0.3 is 20.1 Å². The molecule has 2 fully saturated rings. The molecule has 9 heteroatoms. The van der Waals surface area contributed by atoms with Gasteiger partial charge in [0.05, 0.1) is 16.9 Å². The smallest absolute Gasteiger partial charge is 0.245 e. The molecule has 2 atom stereocenters. The third kappa shape index (κ3) is 5.70. The molecule has 0 radical (unpaired) electrons. The zero-order valence-corrected chi connectivity index (χ0v) is 22.6. The summed E-state index contributed by atoms with van der Waals surface area (Å²) in [5.74, 6) is 1.06. The van der Waals surface area contributed by atoms with Gasteiger partial charge in [-0.2, -0.15) is 0 Å². The maximum Gasteiger partial charge on any atom is 0.245 e. The Balaban J connectivity index is 1.25. The first kappa shape index (κ1) is 26.2. The first-order valence-corrected chi connectivity index (χ1v) is 13.8. The molecule has 200 valence electrons. The molecule has 38 heavy (non-hydrogen) atoms. The summed E-state index contributed by atoms with van der Waals surface area (Å²) in [6.07, 6.45) is 10.7. The van der Waals surface area contributed by atoms with Crippen molar-refractivity contribution in [1.29, 1.82) is 0 Å². The number of nitrogens with one attached hydrogen (secondary N) is 2. The number of hydrogen-bond donors (Lipinski definition) is 2. The molecule has 1 aromatic carbocycles. The SMILES string of the molecule is C=CC(=O)N1CCC(CN(C(C)=O)[C@H]2CCC[C@@H](Nc3ncc(Cl)c(-c4c[nH]c5ccccc45)n3)C2)CC1. The highest BCUT2D eigenvalue weighted by Crippen LogP contribution is 2.33. The first-order chi connectivity index (χ1) is 18.4. The second kappa shape index (κ2) is 11.6. The van der Waals surface area contributed by atoms with Crippen LogP contribution in [0, 0.1) is 5.92 Å². The summed E-state index contributed by atoms with van der Waals surface area (Å²) < 4.78 is 0. The van der Waals surface area contributed by atoms with Crippen LogP contribution in [0.3, 0.4) is 0 Å². The van der Waals surface area contributed by atoms with Crippen LogP contribution in [0.15, 0.2) is 49.3 Å². The summed E-state index contributed by atoms with van der Waals surface area (Å²) in [6.45, 7) is 7.45. The third-order valence-electron chi connectivity index (χ3n) is 7.97. The molecule has 2 aromatic heterocycles. The molecule has 1 saturated heterocycles. The van der Waals surface area contributed by atoms with Crippen LogP contribution in [0.5, 0.6) is 0 Å². The lowest BCUT2D eigenvalue weighted by Gasteiger charge is -2.40. The molecule has 2 amide bonds. The van der Waals surface area contributed by atoms with Crippen LogP contribution in [0.4, 0.5) is 5.95 Å². The van der Waals surface area contributed by atoms with Crippen LogP contribution < -0.4 is 5.32 Å². The van der Waals surface area contributed by atoms with Crippen molar-refractivity contribution >= 4 is 40.3 Å². The molecule has 0 unspecified atom stereocenters. The van der Waals surface area contributed by atoms with E-state index in [0.717, 1.165) is 74.6 Å². The number of fused-ring (bicyclic) bond motifs is 1. The third-order valence-corrected chi connectivity index (χ3v) is 8.25. The van der Waals surface area contributed by atoms with Gasteiger partial charge in [0.15, 0.2) is 0 Å². The number of likely N-dealkylation sites (tertiary alicyclic amines) is 1. The number of carbonyl (C=O) groups is 2. The lowest BCUT2D eigenvalue weighted by atomic mass is 9.88. The van der Waals surface area contributed by atoms with E-state index in [-0.39, 0.29) is 23.9 Å². The Labute approximate surface area is 228 Å². The Morgan fingerprint density at radius 3 is 2.79 bits per heavy atom. The van der Waals surface area contributed by atoms with Gasteiger partial charge in [0.1, 0.15) is 0 Å². The second-order valence-corrected chi connectivity index (χ2v) is 10.9. The number of rotatable bonds is 7. The Kier molecular flexibility index (Phi) is 7.98. The normalized spacial score (nSPS) is 20.3. The summed E-state index contributed by atoms with van der Waals surface area (Å²) in [4.78, 5) is 41.1. The van der Waals surface area contributed by atoms with E-state index in [1.54, 1.807) is 13.1 Å². The number of hydrogen-bond acceptors (Lipinski definition) is 5. The number of anilines is 1. The first-order valence-electron chi connectivity index (χ1n) is 13.5. The molecule has 0 bridgehead atoms. The number of H-pyrrole nitrogens is 1. The molecule has 5 rings (SSSR count). The van der Waals surface area contributed by atoms with Crippen LogP contribution in [-0.4, -0.2) is 68.3 Å². The van der Waals surface area contributed by atoms with Crippen molar-refractivity contribution < 1.29 is 9.59 Å². The van der Waals surface area contributed by atoms with Gasteiger partial charge in [0.25, 0.3) is 0 Å². The van der Waals surface area contributed by atoms with E-state index in [1.165, 1.54) is 6.08 Å². The van der Waals surface area contributed by atoms with Crippen molar-refractivity contribution in [3.63, 3.8) is 0 Å². The quantitative estimate of drug-likeness (QED) is 0.402. The standard InChI is InChI=1S/C29H35ClN6O2/c1-3-27(38)35-13-11-20(12-14-35)18-36(19(2)37)22-8-6-7-21(15-22)33-29-32-17-25(30)28(34-29)24-16-31-26-10-5-4-9-23(24)26/h3-5,9-10,16-17,20-22,31H,1,6-8,11-15,18H2,2H3,(H,32,33,34)/t21-,22+/m1/s1. The predicted molar refractivity (Wildman–Crippen MR) is 151 cm³/mol. The fraction of sp³-hybridized carbons (Fsp3) is 0.448. The number of halogens is 1. The largest absolute Gasteiger partial charge is 0.360 e. The van der Waals surface area contributed by atoms with Gasteiger partial charge >= 0.3 is 0 Å². The number of para-hydroxylation sites is 1. The molecular weight excluding hydrogens is 500 g/mol. The van der Waals surface area contributed by atoms with Crippen molar-refractivity contribution in [3.8, 4) is 11.3 Å². The summed E-state index contributed by atoms with van der Waals surface area (Å²) in [7, 11) is 0. The van der Waals surface area contributed by atoms with Gasteiger partial charge in [-0.25, -0.2) is 9.97 Å². The second-order valence-electron chi connectivity index (χ2n) is 10.4. The summed E-state index contributed by atoms with van der Waals surface area (Å²) in [5.41, 5.74) is 2.67. The van der Waals surface area contributed by atoms with E-state index in [0.29, 0.717) is 22.6 Å². The van der Waals surface area contributed by atoms with Gasteiger partial charge in [-0.1, -0.05) is 36.4 Å². The fourth-order valence-corrected chi connectivity index (χ4v) is 6.12. The van der Waals surface area contributed by atoms with Gasteiger partial charge in [-0.3, -0.25) is 9.59 Å². The number of benzene rings is 1. The number of piperidine rings is 1. The number of amides is 2. The predicted octanol–water partition coefficient (Wildman–Crippen LogP) is 5.27. The number of nitrogens with zero attached hydrogens (tertiary/aromatic N) is 4. The molecule has 1 aliphatic carbocycles. The van der Waals surface area contributed by atoms with Crippen LogP contribution in [-0.2, 0) is 9.59 Å². The molecule has 8 nitrogen and oxygen atoms in total. The van der Waals surface area contributed by atoms with E-state index in [1.807, 2.05) is 29.3 Å². The Morgan fingerprint density at radius 1 is 1.24 bits per heavy atom. The van der Waals surface area contributed by atoms with Gasteiger partial charge in [0, 0.05) is 61.3 Å². The average Bonchev–Trinajstić information content (AvgIpc) is 3.36. The molecule has 2 N–H and O–H groups in total. The highest BCUT2D eigenvalue weighted by atomic mass is 35.5. The summed E-state index contributed by atoms with van der Waals surface area (Å²) in [6, 6.07) is 8.41. The van der Waals surface area contributed by atoms with Gasteiger partial charge in [-0.05, 0) is 56.6 Å². The van der Waals surface area contributed by atoms with Crippen molar-refractivity contribution in [2.45, 2.75) is 57.5 Å². The van der Waals surface area contributed by atoms with Crippen LogP contribution in [0.1, 0.15) is 45.4 Å². The van der Waals surface area contributed by atoms with Crippen molar-refractivity contribution in [2.75, 3.05) is 25.0 Å². The molecule has 1 saturated carbocycles. The Bertz CT molecular complexity index is 1320. The lowest BCUT2D eigenvalue weighted by molar-refractivity contribution is -0.134. The topological polar surface area (TPSA) is 94.2 Å². The molecule has 0 spiro atoms. The minimum absolute atomic E-state index is 0.00894. The van der Waals surface area contributed by atoms with E-state index >= 15 is 0 Å².